The molecule has 0 saturated carbocycles. The summed E-state index contributed by atoms with van der Waals surface area (Å²) in [6, 6.07) is 38.4. The van der Waals surface area contributed by atoms with Gasteiger partial charge in [0.25, 0.3) is 0 Å². The van der Waals surface area contributed by atoms with E-state index in [2.05, 4.69) is 111 Å². The highest BCUT2D eigenvalue weighted by Gasteiger charge is 2.21. The first-order valence-electron chi connectivity index (χ1n) is 13.4. The van der Waals surface area contributed by atoms with Gasteiger partial charge in [-0.3, -0.25) is 14.0 Å². The highest BCUT2D eigenvalue weighted by atomic mass is 15.1. The maximum Gasteiger partial charge on any atom is 0.146 e. The molecule has 9 aromatic rings. The highest BCUT2D eigenvalue weighted by Crippen LogP contribution is 2.41. The Morgan fingerprint density at radius 2 is 1.35 bits per heavy atom. The lowest BCUT2D eigenvalue weighted by Gasteiger charge is -2.14. The highest BCUT2D eigenvalue weighted by molar-refractivity contribution is 6.27. The first-order chi connectivity index (χ1) is 19.9. The number of aromatic nitrogens is 5. The molecule has 0 spiro atoms. The van der Waals surface area contributed by atoms with Gasteiger partial charge in [-0.05, 0) is 53.4 Å². The average Bonchev–Trinajstić information content (AvgIpc) is 3.58. The molecule has 0 amide bonds. The van der Waals surface area contributed by atoms with E-state index < -0.39 is 0 Å². The number of imidazole rings is 1. The Kier molecular flexibility index (Phi) is 4.27. The van der Waals surface area contributed by atoms with Crippen LogP contribution in [0.25, 0.3) is 77.1 Å². The van der Waals surface area contributed by atoms with E-state index in [9.17, 15) is 0 Å². The summed E-state index contributed by atoms with van der Waals surface area (Å²) in [7, 11) is 0. The van der Waals surface area contributed by atoms with Crippen molar-refractivity contribution in [2.24, 2.45) is 0 Å². The van der Waals surface area contributed by atoms with Gasteiger partial charge in [-0.1, -0.05) is 66.7 Å². The molecular weight excluding hydrogens is 490 g/mol. The minimum atomic E-state index is 0.875. The van der Waals surface area contributed by atoms with Crippen molar-refractivity contribution in [3.05, 3.63) is 128 Å². The first-order valence-corrected chi connectivity index (χ1v) is 13.4. The van der Waals surface area contributed by atoms with Crippen molar-refractivity contribution in [3.8, 4) is 16.9 Å². The van der Waals surface area contributed by atoms with Crippen molar-refractivity contribution in [1.82, 2.24) is 23.9 Å². The molecule has 0 fully saturated rings. The SMILES string of the molecule is c1cncc(-c2ccnc(-n3c4ccccc4c4ccc5c(c6ccccc6c6nc7ccccc7n56)c43)c2)c1. The molecule has 40 heavy (non-hydrogen) atoms. The lowest BCUT2D eigenvalue weighted by Crippen LogP contribution is -1.99. The fourth-order valence-electron chi connectivity index (χ4n) is 6.34. The second kappa shape index (κ2) is 7.98. The topological polar surface area (TPSA) is 48.0 Å². The van der Waals surface area contributed by atoms with Gasteiger partial charge < -0.3 is 0 Å². The number of hydrogen-bond acceptors (Lipinski definition) is 3. The molecule has 186 valence electrons. The molecule has 0 aliphatic heterocycles. The van der Waals surface area contributed by atoms with Crippen LogP contribution in [0, 0.1) is 0 Å². The molecule has 0 aliphatic carbocycles. The fraction of sp³-hybridized carbons (Fsp3) is 0. The molecule has 0 bridgehead atoms. The van der Waals surface area contributed by atoms with Gasteiger partial charge in [0.15, 0.2) is 0 Å². The van der Waals surface area contributed by atoms with E-state index in [0.717, 1.165) is 55.6 Å². The van der Waals surface area contributed by atoms with Crippen LogP contribution < -0.4 is 0 Å². The lowest BCUT2D eigenvalue weighted by molar-refractivity contribution is 1.08. The van der Waals surface area contributed by atoms with Gasteiger partial charge in [0, 0.05) is 45.7 Å². The van der Waals surface area contributed by atoms with Gasteiger partial charge in [-0.25, -0.2) is 9.97 Å². The van der Waals surface area contributed by atoms with Crippen LogP contribution in [-0.2, 0) is 0 Å². The maximum absolute atomic E-state index is 5.08. The monoisotopic (exact) mass is 511 g/mol. The molecule has 5 nitrogen and oxygen atoms in total. The van der Waals surface area contributed by atoms with E-state index in [1.807, 2.05) is 24.5 Å². The summed E-state index contributed by atoms with van der Waals surface area (Å²) >= 11 is 0. The minimum absolute atomic E-state index is 0.875. The van der Waals surface area contributed by atoms with Crippen molar-refractivity contribution < 1.29 is 0 Å². The molecule has 0 N–H and O–H groups in total. The summed E-state index contributed by atoms with van der Waals surface area (Å²) < 4.78 is 4.64. The summed E-state index contributed by atoms with van der Waals surface area (Å²) in [5.74, 6) is 0.875. The largest absolute Gasteiger partial charge is 0.293 e. The zero-order valence-electron chi connectivity index (χ0n) is 21.4. The summed E-state index contributed by atoms with van der Waals surface area (Å²) in [4.78, 5) is 14.3. The first kappa shape index (κ1) is 21.4. The van der Waals surface area contributed by atoms with Gasteiger partial charge in [0.1, 0.15) is 11.5 Å². The van der Waals surface area contributed by atoms with Gasteiger partial charge in [0.2, 0.25) is 0 Å². The number of para-hydroxylation sites is 3. The Morgan fingerprint density at radius 1 is 0.550 bits per heavy atom. The van der Waals surface area contributed by atoms with E-state index in [0.29, 0.717) is 0 Å². The summed E-state index contributed by atoms with van der Waals surface area (Å²) in [5.41, 5.74) is 8.61. The Bertz CT molecular complexity index is 2430. The zero-order valence-corrected chi connectivity index (χ0v) is 21.4. The van der Waals surface area contributed by atoms with Crippen LogP contribution in [0.2, 0.25) is 0 Å². The molecule has 0 atom stereocenters. The number of pyridine rings is 3. The van der Waals surface area contributed by atoms with Crippen molar-refractivity contribution in [3.63, 3.8) is 0 Å². The Hall–Kier alpha value is -5.55. The van der Waals surface area contributed by atoms with Crippen LogP contribution in [0.15, 0.2) is 128 Å². The van der Waals surface area contributed by atoms with Crippen LogP contribution in [0.4, 0.5) is 0 Å². The quantitative estimate of drug-likeness (QED) is 0.219. The van der Waals surface area contributed by atoms with E-state index in [1.54, 1.807) is 6.20 Å². The molecule has 4 aromatic carbocycles. The summed E-state index contributed by atoms with van der Waals surface area (Å²) in [6.45, 7) is 0. The van der Waals surface area contributed by atoms with Crippen molar-refractivity contribution in [1.29, 1.82) is 0 Å². The van der Waals surface area contributed by atoms with E-state index >= 15 is 0 Å². The van der Waals surface area contributed by atoms with Gasteiger partial charge in [-0.15, -0.1) is 0 Å². The smallest absolute Gasteiger partial charge is 0.146 e. The molecule has 5 heterocycles. The minimum Gasteiger partial charge on any atom is -0.293 e. The Labute approximate surface area is 228 Å². The second-order valence-corrected chi connectivity index (χ2v) is 10.2. The molecule has 0 saturated heterocycles. The summed E-state index contributed by atoms with van der Waals surface area (Å²) in [6.07, 6.45) is 5.59. The van der Waals surface area contributed by atoms with Crippen LogP contribution >= 0.6 is 0 Å². The van der Waals surface area contributed by atoms with E-state index in [-0.39, 0.29) is 0 Å². The standard InChI is InChI=1S/C35H21N5/c1-2-11-27-25(10-1)33-31(39-30-14-6-4-12-28(30)38-35(27)39)16-15-26-24-9-3-5-13-29(24)40(34(26)33)32-20-22(17-19-37-32)23-8-7-18-36-21-23/h1-21H. The van der Waals surface area contributed by atoms with E-state index in [4.69, 9.17) is 9.97 Å². The van der Waals surface area contributed by atoms with Gasteiger partial charge in [-0.2, -0.15) is 0 Å². The number of hydrogen-bond donors (Lipinski definition) is 0. The van der Waals surface area contributed by atoms with Crippen LogP contribution in [0.1, 0.15) is 0 Å². The third-order valence-corrected chi connectivity index (χ3v) is 8.02. The number of benzene rings is 4. The van der Waals surface area contributed by atoms with Crippen LogP contribution in [0.5, 0.6) is 0 Å². The molecule has 5 aromatic heterocycles. The maximum atomic E-state index is 5.08. The van der Waals surface area contributed by atoms with Crippen molar-refractivity contribution in [2.45, 2.75) is 0 Å². The Balaban J connectivity index is 1.52. The van der Waals surface area contributed by atoms with Crippen molar-refractivity contribution >= 4 is 60.2 Å². The molecule has 0 unspecified atom stereocenters. The average molecular weight is 512 g/mol. The third-order valence-electron chi connectivity index (χ3n) is 8.02. The van der Waals surface area contributed by atoms with E-state index in [1.165, 1.54) is 21.5 Å². The Morgan fingerprint density at radius 3 is 2.23 bits per heavy atom. The fourth-order valence-corrected chi connectivity index (χ4v) is 6.34. The molecule has 5 heteroatoms. The molecule has 9 rings (SSSR count). The predicted octanol–water partition coefficient (Wildman–Crippen LogP) is 8.35. The van der Waals surface area contributed by atoms with Crippen LogP contribution in [0.3, 0.4) is 0 Å². The zero-order chi connectivity index (χ0) is 26.2. The molecule has 0 aliphatic rings. The number of rotatable bonds is 2. The number of nitrogens with zero attached hydrogens (tertiary/aromatic N) is 5. The molecular formula is C35H21N5. The van der Waals surface area contributed by atoms with Gasteiger partial charge in [0.05, 0.1) is 27.6 Å². The second-order valence-electron chi connectivity index (χ2n) is 10.2. The molecule has 0 radical (unpaired) electrons. The normalized spacial score (nSPS) is 12.0. The lowest BCUT2D eigenvalue weighted by atomic mass is 10.0. The predicted molar refractivity (Wildman–Crippen MR) is 163 cm³/mol. The summed E-state index contributed by atoms with van der Waals surface area (Å²) in [5, 5.41) is 5.90. The van der Waals surface area contributed by atoms with Crippen molar-refractivity contribution in [2.75, 3.05) is 0 Å². The van der Waals surface area contributed by atoms with Gasteiger partial charge >= 0.3 is 0 Å². The third kappa shape index (κ3) is 2.83. The van der Waals surface area contributed by atoms with Crippen LogP contribution in [-0.4, -0.2) is 23.9 Å². The number of fused-ring (bicyclic) bond motifs is 12.